The van der Waals surface area contributed by atoms with Crippen LogP contribution in [0.25, 0.3) is 0 Å². The van der Waals surface area contributed by atoms with Gasteiger partial charge in [0.05, 0.1) is 6.61 Å². The van der Waals surface area contributed by atoms with Crippen LogP contribution < -0.4 is 15.4 Å². The molecule has 0 aliphatic carbocycles. The fraction of sp³-hybridized carbons (Fsp3) is 0.562. The number of hydrogen-bond acceptors (Lipinski definition) is 3. The molecule has 0 bridgehead atoms. The van der Waals surface area contributed by atoms with Crippen LogP contribution in [0.5, 0.6) is 5.75 Å². The van der Waals surface area contributed by atoms with Gasteiger partial charge in [-0.05, 0) is 49.6 Å². The molecule has 1 aromatic rings. The largest absolute Gasteiger partial charge is 0.494 e. The molecule has 2 N–H and O–H groups in total. The molecule has 2 rings (SSSR count). The summed E-state index contributed by atoms with van der Waals surface area (Å²) in [6.07, 6.45) is 2.04. The van der Waals surface area contributed by atoms with Crippen molar-refractivity contribution in [3.8, 4) is 5.75 Å². The van der Waals surface area contributed by atoms with Crippen LogP contribution in [0.15, 0.2) is 24.3 Å². The van der Waals surface area contributed by atoms with Crippen molar-refractivity contribution >= 4 is 5.91 Å². The highest BCUT2D eigenvalue weighted by Crippen LogP contribution is 2.13. The molecule has 1 aliphatic rings. The van der Waals surface area contributed by atoms with Crippen molar-refractivity contribution in [3.63, 3.8) is 0 Å². The van der Waals surface area contributed by atoms with Gasteiger partial charge in [0.2, 0.25) is 0 Å². The summed E-state index contributed by atoms with van der Waals surface area (Å²) in [6.45, 7) is 6.91. The Morgan fingerprint density at radius 2 is 2.15 bits per heavy atom. The highest BCUT2D eigenvalue weighted by atomic mass is 16.5. The molecule has 4 nitrogen and oxygen atoms in total. The Bertz CT molecular complexity index is 423. The molecule has 1 aromatic carbocycles. The number of nitrogens with one attached hydrogen (secondary N) is 2. The summed E-state index contributed by atoms with van der Waals surface area (Å²) in [5.41, 5.74) is 0.688. The number of benzene rings is 1. The van der Waals surface area contributed by atoms with E-state index < -0.39 is 0 Å². The Morgan fingerprint density at radius 1 is 1.40 bits per heavy atom. The van der Waals surface area contributed by atoms with E-state index >= 15 is 0 Å². The molecule has 1 amide bonds. The minimum Gasteiger partial charge on any atom is -0.494 e. The lowest BCUT2D eigenvalue weighted by Crippen LogP contribution is -2.36. The number of rotatable bonds is 6. The Hall–Kier alpha value is -1.55. The molecule has 0 radical (unpaired) electrons. The summed E-state index contributed by atoms with van der Waals surface area (Å²) in [6, 6.07) is 7.62. The maximum atomic E-state index is 12.0. The van der Waals surface area contributed by atoms with Gasteiger partial charge in [-0.3, -0.25) is 4.79 Å². The standard InChI is InChI=1S/C16H24N2O2/c1-12(2)8-10-20-15-5-3-13(4-6-15)16(19)18-14-7-9-17-11-14/h3-6,12,14,17H,7-11H2,1-2H3,(H,18,19). The van der Waals surface area contributed by atoms with Crippen molar-refractivity contribution in [2.75, 3.05) is 19.7 Å². The number of amides is 1. The SMILES string of the molecule is CC(C)CCOc1ccc(C(=O)NC2CCNC2)cc1. The summed E-state index contributed by atoms with van der Waals surface area (Å²) < 4.78 is 5.64. The first-order valence-corrected chi connectivity index (χ1v) is 7.39. The smallest absolute Gasteiger partial charge is 0.251 e. The zero-order chi connectivity index (χ0) is 14.4. The van der Waals surface area contributed by atoms with E-state index in [0.717, 1.165) is 38.3 Å². The zero-order valence-electron chi connectivity index (χ0n) is 12.3. The van der Waals surface area contributed by atoms with E-state index in [0.29, 0.717) is 11.5 Å². The molecule has 1 unspecified atom stereocenters. The molecule has 1 saturated heterocycles. The Labute approximate surface area is 120 Å². The monoisotopic (exact) mass is 276 g/mol. The third-order valence-electron chi connectivity index (χ3n) is 3.48. The maximum Gasteiger partial charge on any atom is 0.251 e. The second-order valence-corrected chi connectivity index (χ2v) is 5.72. The average Bonchev–Trinajstić information content (AvgIpc) is 2.92. The van der Waals surface area contributed by atoms with Crippen molar-refractivity contribution < 1.29 is 9.53 Å². The number of ether oxygens (including phenoxy) is 1. The second-order valence-electron chi connectivity index (χ2n) is 5.72. The Balaban J connectivity index is 1.82. The lowest BCUT2D eigenvalue weighted by atomic mass is 10.1. The van der Waals surface area contributed by atoms with Crippen molar-refractivity contribution in [1.82, 2.24) is 10.6 Å². The summed E-state index contributed by atoms with van der Waals surface area (Å²) in [5.74, 6) is 1.46. The van der Waals surface area contributed by atoms with Crippen molar-refractivity contribution in [1.29, 1.82) is 0 Å². The zero-order valence-corrected chi connectivity index (χ0v) is 12.3. The van der Waals surface area contributed by atoms with Crippen LogP contribution in [0.4, 0.5) is 0 Å². The van der Waals surface area contributed by atoms with E-state index in [1.807, 2.05) is 24.3 Å². The average molecular weight is 276 g/mol. The fourth-order valence-corrected chi connectivity index (χ4v) is 2.16. The molecule has 4 heteroatoms. The molecule has 1 heterocycles. The van der Waals surface area contributed by atoms with Crippen LogP contribution in [-0.2, 0) is 0 Å². The van der Waals surface area contributed by atoms with Gasteiger partial charge in [0.25, 0.3) is 5.91 Å². The van der Waals surface area contributed by atoms with Gasteiger partial charge in [0.15, 0.2) is 0 Å². The van der Waals surface area contributed by atoms with Gasteiger partial charge in [0.1, 0.15) is 5.75 Å². The summed E-state index contributed by atoms with van der Waals surface area (Å²) in [4.78, 5) is 12.0. The van der Waals surface area contributed by atoms with Crippen molar-refractivity contribution in [2.45, 2.75) is 32.7 Å². The van der Waals surface area contributed by atoms with E-state index in [1.165, 1.54) is 0 Å². The first kappa shape index (κ1) is 14.9. The summed E-state index contributed by atoms with van der Waals surface area (Å²) in [5, 5.41) is 6.27. The second kappa shape index (κ2) is 7.29. The van der Waals surface area contributed by atoms with Crippen LogP contribution in [0.2, 0.25) is 0 Å². The summed E-state index contributed by atoms with van der Waals surface area (Å²) >= 11 is 0. The van der Waals surface area contributed by atoms with Crippen molar-refractivity contribution in [2.24, 2.45) is 5.92 Å². The van der Waals surface area contributed by atoms with Crippen LogP contribution in [-0.4, -0.2) is 31.6 Å². The van der Waals surface area contributed by atoms with E-state index in [4.69, 9.17) is 4.74 Å². The van der Waals surface area contributed by atoms with Crippen LogP contribution >= 0.6 is 0 Å². The molecule has 1 atom stereocenters. The molecule has 0 aromatic heterocycles. The third-order valence-corrected chi connectivity index (χ3v) is 3.48. The predicted molar refractivity (Wildman–Crippen MR) is 80.1 cm³/mol. The lowest BCUT2D eigenvalue weighted by molar-refractivity contribution is 0.0940. The van der Waals surface area contributed by atoms with E-state index in [2.05, 4.69) is 24.5 Å². The first-order valence-electron chi connectivity index (χ1n) is 7.39. The Kier molecular flexibility index (Phi) is 5.41. The van der Waals surface area contributed by atoms with E-state index in [-0.39, 0.29) is 11.9 Å². The van der Waals surface area contributed by atoms with Gasteiger partial charge in [-0.1, -0.05) is 13.8 Å². The Morgan fingerprint density at radius 3 is 2.75 bits per heavy atom. The quantitative estimate of drug-likeness (QED) is 0.837. The van der Waals surface area contributed by atoms with E-state index in [9.17, 15) is 4.79 Å². The molecule has 0 spiro atoms. The number of hydrogen-bond donors (Lipinski definition) is 2. The molecule has 20 heavy (non-hydrogen) atoms. The molecule has 110 valence electrons. The van der Waals surface area contributed by atoms with Crippen molar-refractivity contribution in [3.05, 3.63) is 29.8 Å². The number of carbonyl (C=O) groups excluding carboxylic acids is 1. The fourth-order valence-electron chi connectivity index (χ4n) is 2.16. The van der Waals surface area contributed by atoms with E-state index in [1.54, 1.807) is 0 Å². The van der Waals surface area contributed by atoms with Gasteiger partial charge < -0.3 is 15.4 Å². The molecular formula is C16H24N2O2. The third kappa shape index (κ3) is 4.53. The molecule has 1 aliphatic heterocycles. The van der Waals surface area contributed by atoms with Gasteiger partial charge in [-0.2, -0.15) is 0 Å². The predicted octanol–water partition coefficient (Wildman–Crippen LogP) is 2.20. The topological polar surface area (TPSA) is 50.4 Å². The van der Waals surface area contributed by atoms with Crippen LogP contribution in [0, 0.1) is 5.92 Å². The maximum absolute atomic E-state index is 12.0. The van der Waals surface area contributed by atoms with Gasteiger partial charge >= 0.3 is 0 Å². The van der Waals surface area contributed by atoms with Crippen LogP contribution in [0.3, 0.4) is 0 Å². The van der Waals surface area contributed by atoms with Gasteiger partial charge in [-0.25, -0.2) is 0 Å². The molecular weight excluding hydrogens is 252 g/mol. The normalized spacial score (nSPS) is 18.2. The number of carbonyl (C=O) groups is 1. The van der Waals surface area contributed by atoms with Crippen LogP contribution in [0.1, 0.15) is 37.0 Å². The van der Waals surface area contributed by atoms with Gasteiger partial charge in [-0.15, -0.1) is 0 Å². The lowest BCUT2D eigenvalue weighted by Gasteiger charge is -2.12. The first-order chi connectivity index (χ1) is 9.65. The minimum atomic E-state index is -0.00701. The van der Waals surface area contributed by atoms with Gasteiger partial charge in [0, 0.05) is 18.2 Å². The highest BCUT2D eigenvalue weighted by Gasteiger charge is 2.17. The molecule has 1 fully saturated rings. The summed E-state index contributed by atoms with van der Waals surface area (Å²) in [7, 11) is 0. The highest BCUT2D eigenvalue weighted by molar-refractivity contribution is 5.94. The molecule has 0 saturated carbocycles. The minimum absolute atomic E-state index is 0.00701.